The van der Waals surface area contributed by atoms with Crippen LogP contribution in [0.15, 0.2) is 34.5 Å². The molecule has 9 heteroatoms. The first kappa shape index (κ1) is 18.9. The van der Waals surface area contributed by atoms with Gasteiger partial charge < -0.3 is 10.1 Å². The fraction of sp³-hybridized carbons (Fsp3) is 0.267. The van der Waals surface area contributed by atoms with E-state index in [0.717, 1.165) is 30.0 Å². The highest BCUT2D eigenvalue weighted by Crippen LogP contribution is 2.21. The van der Waals surface area contributed by atoms with Crippen LogP contribution >= 0.6 is 23.7 Å². The van der Waals surface area contributed by atoms with Crippen molar-refractivity contribution in [3.63, 3.8) is 0 Å². The molecule has 1 aliphatic heterocycles. The molecule has 2 N–H and O–H groups in total. The number of carbonyl (C=O) groups excluding carboxylic acids is 1. The van der Waals surface area contributed by atoms with Gasteiger partial charge in [-0.3, -0.25) is 0 Å². The predicted octanol–water partition coefficient (Wildman–Crippen LogP) is 2.04. The summed E-state index contributed by atoms with van der Waals surface area (Å²) in [5, 5.41) is 4.68. The Morgan fingerprint density at radius 2 is 2.04 bits per heavy atom. The van der Waals surface area contributed by atoms with Crippen LogP contribution < -0.4 is 10.0 Å². The highest BCUT2D eigenvalue weighted by atomic mass is 35.5. The monoisotopic (exact) mass is 388 g/mol. The lowest BCUT2D eigenvalue weighted by atomic mass is 10.1. The van der Waals surface area contributed by atoms with Gasteiger partial charge in [-0.25, -0.2) is 17.9 Å². The summed E-state index contributed by atoms with van der Waals surface area (Å²) in [5.41, 5.74) is 3.35. The number of hydrogen-bond acceptors (Lipinski definition) is 6. The summed E-state index contributed by atoms with van der Waals surface area (Å²) in [7, 11) is -2.40. The maximum Gasteiger partial charge on any atom is 0.348 e. The van der Waals surface area contributed by atoms with Crippen molar-refractivity contribution in [1.29, 1.82) is 0 Å². The van der Waals surface area contributed by atoms with Gasteiger partial charge in [0.05, 0.1) is 12.0 Å². The van der Waals surface area contributed by atoms with Gasteiger partial charge in [0.1, 0.15) is 4.88 Å². The van der Waals surface area contributed by atoms with Gasteiger partial charge in [-0.05, 0) is 22.8 Å². The number of nitrogens with one attached hydrogen (secondary N) is 2. The third kappa shape index (κ3) is 3.96. The van der Waals surface area contributed by atoms with Crippen LogP contribution in [0.5, 0.6) is 0 Å². The minimum atomic E-state index is -3.66. The standard InChI is InChI=1S/C15H16N2O4S2.ClH/c1-21-15(18)14-5-13(9-22-14)23(19,20)17-6-10-2-3-11-7-16-8-12(11)4-10;/h2-5,9,16-17H,6-8H2,1H3;1H. The third-order valence-electron chi connectivity index (χ3n) is 3.64. The van der Waals surface area contributed by atoms with Crippen molar-refractivity contribution in [3.05, 3.63) is 51.2 Å². The van der Waals surface area contributed by atoms with Crippen LogP contribution in [0.1, 0.15) is 26.4 Å². The Morgan fingerprint density at radius 3 is 2.79 bits per heavy atom. The number of methoxy groups -OCH3 is 1. The van der Waals surface area contributed by atoms with E-state index in [9.17, 15) is 13.2 Å². The van der Waals surface area contributed by atoms with Crippen molar-refractivity contribution in [2.45, 2.75) is 24.5 Å². The minimum Gasteiger partial charge on any atom is -0.465 e. The van der Waals surface area contributed by atoms with Crippen molar-refractivity contribution >= 4 is 39.7 Å². The molecule has 1 aliphatic rings. The average Bonchev–Trinajstić information content (AvgIpc) is 3.21. The Morgan fingerprint density at radius 1 is 1.29 bits per heavy atom. The highest BCUT2D eigenvalue weighted by Gasteiger charge is 2.19. The van der Waals surface area contributed by atoms with Gasteiger partial charge in [0, 0.05) is 25.0 Å². The molecule has 3 rings (SSSR count). The van der Waals surface area contributed by atoms with E-state index in [2.05, 4.69) is 14.8 Å². The number of rotatable bonds is 5. The first-order chi connectivity index (χ1) is 11.0. The molecule has 2 heterocycles. The average molecular weight is 389 g/mol. The zero-order chi connectivity index (χ0) is 16.4. The zero-order valence-electron chi connectivity index (χ0n) is 12.9. The molecule has 1 aromatic carbocycles. The Hall–Kier alpha value is -1.45. The summed E-state index contributed by atoms with van der Waals surface area (Å²) in [6.07, 6.45) is 0. The number of hydrogen-bond donors (Lipinski definition) is 2. The molecule has 2 aromatic rings. The molecule has 0 fully saturated rings. The molecule has 6 nitrogen and oxygen atoms in total. The van der Waals surface area contributed by atoms with Gasteiger partial charge in [0.25, 0.3) is 0 Å². The number of benzene rings is 1. The van der Waals surface area contributed by atoms with E-state index in [0.29, 0.717) is 0 Å². The summed E-state index contributed by atoms with van der Waals surface area (Å²) in [6.45, 7) is 1.87. The number of thiophene rings is 1. The molecule has 1 aromatic heterocycles. The molecule has 0 bridgehead atoms. The molecule has 0 saturated carbocycles. The fourth-order valence-electron chi connectivity index (χ4n) is 2.39. The minimum absolute atomic E-state index is 0. The van der Waals surface area contributed by atoms with Crippen LogP contribution in [0.2, 0.25) is 0 Å². The Kier molecular flexibility index (Phi) is 6.00. The lowest BCUT2D eigenvalue weighted by Gasteiger charge is -2.07. The van der Waals surface area contributed by atoms with E-state index in [-0.39, 0.29) is 28.7 Å². The van der Waals surface area contributed by atoms with Crippen molar-refractivity contribution in [1.82, 2.24) is 10.0 Å². The Balaban J connectivity index is 0.00000208. The molecular formula is C15H17ClN2O4S2. The van der Waals surface area contributed by atoms with Gasteiger partial charge in [0.2, 0.25) is 10.0 Å². The lowest BCUT2D eigenvalue weighted by Crippen LogP contribution is -2.22. The van der Waals surface area contributed by atoms with E-state index in [4.69, 9.17) is 0 Å². The second-order valence-electron chi connectivity index (χ2n) is 5.17. The number of ether oxygens (including phenoxy) is 1. The van der Waals surface area contributed by atoms with Crippen LogP contribution in [-0.4, -0.2) is 21.5 Å². The van der Waals surface area contributed by atoms with Gasteiger partial charge in [-0.1, -0.05) is 18.2 Å². The SMILES string of the molecule is COC(=O)c1cc(S(=O)(=O)NCc2ccc3c(c2)CNC3)cs1.Cl. The van der Waals surface area contributed by atoms with Crippen LogP contribution in [0.4, 0.5) is 0 Å². The molecule has 0 amide bonds. The number of halogens is 1. The normalized spacial score (nSPS) is 13.2. The van der Waals surface area contributed by atoms with Gasteiger partial charge in [-0.2, -0.15) is 0 Å². The largest absolute Gasteiger partial charge is 0.465 e. The Labute approximate surface area is 150 Å². The topological polar surface area (TPSA) is 84.5 Å². The van der Waals surface area contributed by atoms with Crippen LogP contribution in [-0.2, 0) is 34.4 Å². The highest BCUT2D eigenvalue weighted by molar-refractivity contribution is 7.89. The molecule has 0 unspecified atom stereocenters. The summed E-state index contributed by atoms with van der Waals surface area (Å²) in [6, 6.07) is 7.26. The van der Waals surface area contributed by atoms with E-state index >= 15 is 0 Å². The van der Waals surface area contributed by atoms with E-state index < -0.39 is 16.0 Å². The Bertz CT molecular complexity index is 849. The molecule has 0 radical (unpaired) electrons. The number of fused-ring (bicyclic) bond motifs is 1. The maximum absolute atomic E-state index is 12.3. The summed E-state index contributed by atoms with van der Waals surface area (Å²) in [4.78, 5) is 11.7. The van der Waals surface area contributed by atoms with E-state index in [1.165, 1.54) is 29.7 Å². The molecule has 0 saturated heterocycles. The number of carbonyl (C=O) groups is 1. The van der Waals surface area contributed by atoms with Crippen molar-refractivity contribution < 1.29 is 17.9 Å². The predicted molar refractivity (Wildman–Crippen MR) is 93.9 cm³/mol. The fourth-order valence-corrected chi connectivity index (χ4v) is 4.59. The van der Waals surface area contributed by atoms with Crippen molar-refractivity contribution in [2.24, 2.45) is 0 Å². The van der Waals surface area contributed by atoms with Gasteiger partial charge in [0.15, 0.2) is 0 Å². The smallest absolute Gasteiger partial charge is 0.348 e. The summed E-state index contributed by atoms with van der Waals surface area (Å²) >= 11 is 1.05. The van der Waals surface area contributed by atoms with Crippen molar-refractivity contribution in [2.75, 3.05) is 7.11 Å². The second-order valence-corrected chi connectivity index (χ2v) is 7.85. The maximum atomic E-state index is 12.3. The molecule has 0 spiro atoms. The van der Waals surface area contributed by atoms with Crippen molar-refractivity contribution in [3.8, 4) is 0 Å². The number of esters is 1. The van der Waals surface area contributed by atoms with Crippen LogP contribution in [0.25, 0.3) is 0 Å². The molecule has 130 valence electrons. The quantitative estimate of drug-likeness (QED) is 0.766. The van der Waals surface area contributed by atoms with E-state index in [1.807, 2.05) is 18.2 Å². The lowest BCUT2D eigenvalue weighted by molar-refractivity contribution is 0.0606. The second kappa shape index (κ2) is 7.62. The molecule has 0 aliphatic carbocycles. The first-order valence-electron chi connectivity index (χ1n) is 6.97. The molecule has 0 atom stereocenters. The number of sulfonamides is 1. The van der Waals surface area contributed by atoms with E-state index in [1.54, 1.807) is 0 Å². The summed E-state index contributed by atoms with van der Waals surface area (Å²) in [5.74, 6) is -0.539. The van der Waals surface area contributed by atoms with Gasteiger partial charge in [-0.15, -0.1) is 23.7 Å². The zero-order valence-corrected chi connectivity index (χ0v) is 15.3. The van der Waals surface area contributed by atoms with Gasteiger partial charge >= 0.3 is 5.97 Å². The first-order valence-corrected chi connectivity index (χ1v) is 9.34. The molecule has 24 heavy (non-hydrogen) atoms. The van der Waals surface area contributed by atoms with Crippen LogP contribution in [0.3, 0.4) is 0 Å². The van der Waals surface area contributed by atoms with Crippen LogP contribution in [0, 0.1) is 0 Å². The third-order valence-corrected chi connectivity index (χ3v) is 6.08. The summed E-state index contributed by atoms with van der Waals surface area (Å²) < 4.78 is 31.7. The molecular weight excluding hydrogens is 372 g/mol.